The molecule has 0 amide bonds. The quantitative estimate of drug-likeness (QED) is 0.912. The van der Waals surface area contributed by atoms with Crippen LogP contribution in [0, 0.1) is 0 Å². The van der Waals surface area contributed by atoms with Crippen LogP contribution in [0.4, 0.5) is 19.0 Å². The fourth-order valence-corrected chi connectivity index (χ4v) is 1.62. The van der Waals surface area contributed by atoms with Gasteiger partial charge in [0.25, 0.3) is 0 Å². The number of anilines is 1. The lowest BCUT2D eigenvalue weighted by molar-refractivity contribution is -0.137. The van der Waals surface area contributed by atoms with E-state index in [0.717, 1.165) is 12.3 Å². The van der Waals surface area contributed by atoms with Gasteiger partial charge in [0, 0.05) is 6.20 Å². The van der Waals surface area contributed by atoms with Crippen LogP contribution in [-0.2, 0) is 6.18 Å². The maximum Gasteiger partial charge on any atom is 0.417 e. The summed E-state index contributed by atoms with van der Waals surface area (Å²) in [6.45, 7) is 1.75. The molecule has 2 aromatic heterocycles. The summed E-state index contributed by atoms with van der Waals surface area (Å²) in [5.41, 5.74) is -0.893. The Hall–Kier alpha value is -1.83. The zero-order chi connectivity index (χ0) is 14.0. The molecule has 5 nitrogen and oxygen atoms in total. The fraction of sp³-hybridized carbons (Fsp3) is 0.300. The van der Waals surface area contributed by atoms with Crippen molar-refractivity contribution >= 4 is 17.4 Å². The second-order valence-electron chi connectivity index (χ2n) is 3.79. The van der Waals surface area contributed by atoms with E-state index in [9.17, 15) is 13.2 Å². The molecule has 0 spiro atoms. The predicted molar refractivity (Wildman–Crippen MR) is 62.7 cm³/mol. The van der Waals surface area contributed by atoms with Crippen molar-refractivity contribution in [1.29, 1.82) is 0 Å². The first-order valence-electron chi connectivity index (χ1n) is 5.22. The van der Waals surface area contributed by atoms with E-state index in [1.807, 2.05) is 0 Å². The Morgan fingerprint density at radius 3 is 2.63 bits per heavy atom. The van der Waals surface area contributed by atoms with Crippen LogP contribution >= 0.6 is 11.6 Å². The molecule has 0 aromatic carbocycles. The minimum Gasteiger partial charge on any atom is -0.359 e. The average molecular weight is 292 g/mol. The van der Waals surface area contributed by atoms with Crippen LogP contribution in [0.5, 0.6) is 0 Å². The Labute approximate surface area is 111 Å². The van der Waals surface area contributed by atoms with Gasteiger partial charge in [-0.3, -0.25) is 5.10 Å². The Bertz CT molecular complexity index is 555. The number of nitrogens with zero attached hydrogens (tertiary/aromatic N) is 3. The highest BCUT2D eigenvalue weighted by atomic mass is 35.5. The van der Waals surface area contributed by atoms with Crippen molar-refractivity contribution in [2.75, 3.05) is 5.32 Å². The van der Waals surface area contributed by atoms with Gasteiger partial charge in [-0.05, 0) is 13.0 Å². The maximum absolute atomic E-state index is 12.4. The van der Waals surface area contributed by atoms with Crippen molar-refractivity contribution in [3.8, 4) is 0 Å². The Morgan fingerprint density at radius 1 is 1.37 bits per heavy atom. The molecule has 1 unspecified atom stereocenters. The summed E-state index contributed by atoms with van der Waals surface area (Å²) in [4.78, 5) is 7.59. The molecule has 0 aliphatic heterocycles. The molecule has 2 N–H and O–H groups in total. The van der Waals surface area contributed by atoms with Crippen molar-refractivity contribution in [3.05, 3.63) is 35.0 Å². The van der Waals surface area contributed by atoms with Crippen molar-refractivity contribution in [2.24, 2.45) is 0 Å². The zero-order valence-corrected chi connectivity index (χ0v) is 10.4. The summed E-state index contributed by atoms with van der Waals surface area (Å²) in [5, 5.41) is 9.05. The molecule has 0 aliphatic rings. The van der Waals surface area contributed by atoms with E-state index < -0.39 is 11.7 Å². The van der Waals surface area contributed by atoms with Crippen molar-refractivity contribution in [2.45, 2.75) is 19.1 Å². The van der Waals surface area contributed by atoms with E-state index in [4.69, 9.17) is 11.6 Å². The number of hydrogen-bond acceptors (Lipinski definition) is 4. The largest absolute Gasteiger partial charge is 0.417 e. The minimum atomic E-state index is -4.47. The number of H-pyrrole nitrogens is 1. The molecule has 19 heavy (non-hydrogen) atoms. The smallest absolute Gasteiger partial charge is 0.359 e. The van der Waals surface area contributed by atoms with Gasteiger partial charge < -0.3 is 5.32 Å². The highest BCUT2D eigenvalue weighted by Gasteiger charge is 2.31. The summed E-state index contributed by atoms with van der Waals surface area (Å²) in [7, 11) is 0. The number of nitrogens with one attached hydrogen (secondary N) is 2. The number of pyridine rings is 1. The normalized spacial score (nSPS) is 13.3. The summed E-state index contributed by atoms with van der Waals surface area (Å²) in [5.74, 6) is 0.677. The first-order valence-corrected chi connectivity index (χ1v) is 5.60. The molecule has 0 fully saturated rings. The van der Waals surface area contributed by atoms with Gasteiger partial charge in [0.2, 0.25) is 0 Å². The van der Waals surface area contributed by atoms with Gasteiger partial charge in [0.1, 0.15) is 18.0 Å². The van der Waals surface area contributed by atoms with E-state index in [0.29, 0.717) is 5.82 Å². The maximum atomic E-state index is 12.4. The topological polar surface area (TPSA) is 66.5 Å². The predicted octanol–water partition coefficient (Wildman–Crippen LogP) is 3.05. The number of rotatable bonds is 3. The molecule has 9 heteroatoms. The molecule has 2 aromatic rings. The molecule has 0 saturated heterocycles. The lowest BCUT2D eigenvalue weighted by atomic mass is 10.2. The SMILES string of the molecule is CC(Nc1ncc(C(F)(F)F)cc1Cl)c1ncn[nH]1. The zero-order valence-electron chi connectivity index (χ0n) is 9.66. The average Bonchev–Trinajstić information content (AvgIpc) is 2.84. The van der Waals surface area contributed by atoms with Crippen molar-refractivity contribution in [1.82, 2.24) is 20.2 Å². The monoisotopic (exact) mass is 291 g/mol. The van der Waals surface area contributed by atoms with Crippen LogP contribution in [0.15, 0.2) is 18.6 Å². The second kappa shape index (κ2) is 5.04. The molecule has 2 rings (SSSR count). The van der Waals surface area contributed by atoms with Gasteiger partial charge in [-0.25, -0.2) is 9.97 Å². The number of aromatic nitrogens is 4. The van der Waals surface area contributed by atoms with Gasteiger partial charge in [-0.15, -0.1) is 0 Å². The third-order valence-electron chi connectivity index (χ3n) is 2.37. The van der Waals surface area contributed by atoms with Crippen LogP contribution in [0.25, 0.3) is 0 Å². The number of hydrogen-bond donors (Lipinski definition) is 2. The molecule has 0 radical (unpaired) electrons. The summed E-state index contributed by atoms with van der Waals surface area (Å²) < 4.78 is 37.3. The van der Waals surface area contributed by atoms with Crippen LogP contribution in [0.3, 0.4) is 0 Å². The van der Waals surface area contributed by atoms with Crippen LogP contribution in [-0.4, -0.2) is 20.2 Å². The summed E-state index contributed by atoms with van der Waals surface area (Å²) in [6, 6.07) is 0.508. The van der Waals surface area contributed by atoms with Gasteiger partial charge >= 0.3 is 6.18 Å². The first kappa shape index (κ1) is 13.6. The lowest BCUT2D eigenvalue weighted by Crippen LogP contribution is -2.11. The standard InChI is InChI=1S/C10H9ClF3N5/c1-5(8-16-4-17-19-8)18-9-7(11)2-6(3-15-9)10(12,13)14/h2-5H,1H3,(H,15,18)(H,16,17,19). The number of aromatic amines is 1. The van der Waals surface area contributed by atoms with Gasteiger partial charge in [0.05, 0.1) is 16.6 Å². The Kier molecular flexibility index (Phi) is 3.61. The Morgan fingerprint density at radius 2 is 2.11 bits per heavy atom. The molecule has 0 bridgehead atoms. The number of halogens is 4. The molecular formula is C10H9ClF3N5. The third kappa shape index (κ3) is 3.14. The number of alkyl halides is 3. The van der Waals surface area contributed by atoms with E-state index in [-0.39, 0.29) is 16.9 Å². The summed E-state index contributed by atoms with van der Waals surface area (Å²) in [6.07, 6.45) is -2.41. The highest BCUT2D eigenvalue weighted by Crippen LogP contribution is 2.33. The molecular weight excluding hydrogens is 283 g/mol. The molecule has 2 heterocycles. The van der Waals surface area contributed by atoms with E-state index in [1.54, 1.807) is 6.92 Å². The van der Waals surface area contributed by atoms with Crippen LogP contribution < -0.4 is 5.32 Å². The van der Waals surface area contributed by atoms with Crippen LogP contribution in [0.1, 0.15) is 24.4 Å². The third-order valence-corrected chi connectivity index (χ3v) is 2.65. The van der Waals surface area contributed by atoms with Crippen molar-refractivity contribution in [3.63, 3.8) is 0 Å². The second-order valence-corrected chi connectivity index (χ2v) is 4.20. The van der Waals surface area contributed by atoms with E-state index >= 15 is 0 Å². The van der Waals surface area contributed by atoms with E-state index in [1.165, 1.54) is 6.33 Å². The lowest BCUT2D eigenvalue weighted by Gasteiger charge is -2.14. The van der Waals surface area contributed by atoms with Crippen molar-refractivity contribution < 1.29 is 13.2 Å². The Balaban J connectivity index is 2.18. The highest BCUT2D eigenvalue weighted by molar-refractivity contribution is 6.32. The van der Waals surface area contributed by atoms with Gasteiger partial charge in [0.15, 0.2) is 0 Å². The fourth-order valence-electron chi connectivity index (χ4n) is 1.40. The van der Waals surface area contributed by atoms with Gasteiger partial charge in [-0.1, -0.05) is 11.6 Å². The molecule has 0 saturated carbocycles. The molecule has 1 atom stereocenters. The summed E-state index contributed by atoms with van der Waals surface area (Å²) >= 11 is 5.77. The molecule has 0 aliphatic carbocycles. The minimum absolute atomic E-state index is 0.110. The first-order chi connectivity index (χ1) is 8.88. The molecule has 102 valence electrons. The van der Waals surface area contributed by atoms with E-state index in [2.05, 4.69) is 25.5 Å². The van der Waals surface area contributed by atoms with Gasteiger partial charge in [-0.2, -0.15) is 18.3 Å². The van der Waals surface area contributed by atoms with Crippen LogP contribution in [0.2, 0.25) is 5.02 Å².